The van der Waals surface area contributed by atoms with Gasteiger partial charge in [0.25, 0.3) is 0 Å². The van der Waals surface area contributed by atoms with E-state index in [4.69, 9.17) is 27.9 Å². The van der Waals surface area contributed by atoms with E-state index >= 15 is 0 Å². The molecule has 17 heavy (non-hydrogen) atoms. The first-order valence-corrected chi connectivity index (χ1v) is 6.45. The van der Waals surface area contributed by atoms with Gasteiger partial charge >= 0.3 is 0 Å². The van der Waals surface area contributed by atoms with Crippen LogP contribution in [0, 0.1) is 5.92 Å². The van der Waals surface area contributed by atoms with Crippen molar-refractivity contribution >= 4 is 29.1 Å². The summed E-state index contributed by atoms with van der Waals surface area (Å²) in [6.45, 7) is 4.98. The fourth-order valence-corrected chi connectivity index (χ4v) is 2.18. The topological polar surface area (TPSA) is 21.6 Å². The number of halogens is 2. The number of hydrogen-bond donors (Lipinski definition) is 0. The molecule has 1 atom stereocenters. The summed E-state index contributed by atoms with van der Waals surface area (Å²) in [5.41, 5.74) is 0.999. The maximum atomic E-state index is 6.11. The molecule has 1 aliphatic rings. The molecule has 0 aliphatic carbocycles. The molecule has 0 radical (unpaired) electrons. The minimum atomic E-state index is 0.274. The molecule has 2 rings (SSSR count). The van der Waals surface area contributed by atoms with Crippen molar-refractivity contribution in [2.24, 2.45) is 10.9 Å². The summed E-state index contributed by atoms with van der Waals surface area (Å²) in [4.78, 5) is 4.55. The normalized spacial score (nSPS) is 19.4. The first kappa shape index (κ1) is 12.7. The van der Waals surface area contributed by atoms with E-state index in [-0.39, 0.29) is 6.04 Å². The molecule has 1 aliphatic heterocycles. The third kappa shape index (κ3) is 3.14. The van der Waals surface area contributed by atoms with Crippen molar-refractivity contribution in [3.63, 3.8) is 0 Å². The Morgan fingerprint density at radius 3 is 2.76 bits per heavy atom. The van der Waals surface area contributed by atoms with Gasteiger partial charge < -0.3 is 4.74 Å². The van der Waals surface area contributed by atoms with Crippen LogP contribution in [0.2, 0.25) is 10.0 Å². The molecule has 0 fully saturated rings. The summed E-state index contributed by atoms with van der Waals surface area (Å²) in [7, 11) is 0. The number of hydrogen-bond acceptors (Lipinski definition) is 2. The first-order chi connectivity index (χ1) is 8.06. The Morgan fingerprint density at radius 2 is 2.18 bits per heavy atom. The molecule has 0 amide bonds. The van der Waals surface area contributed by atoms with Crippen molar-refractivity contribution in [2.75, 3.05) is 6.61 Å². The molecule has 1 aromatic rings. The number of ether oxygens (including phenoxy) is 1. The molecule has 0 saturated heterocycles. The standard InChI is InChI=1S/C13H15Cl2NO/c1-8(2)12-7-17-13(16-12)5-9-3-4-10(14)6-11(9)15/h3-4,6,8,12H,5,7H2,1-2H3. The molecule has 0 bridgehead atoms. The van der Waals surface area contributed by atoms with Crippen LogP contribution in [0.1, 0.15) is 19.4 Å². The summed E-state index contributed by atoms with van der Waals surface area (Å²) in [5.74, 6) is 1.28. The molecule has 0 spiro atoms. The van der Waals surface area contributed by atoms with E-state index in [1.165, 1.54) is 0 Å². The summed E-state index contributed by atoms with van der Waals surface area (Å²) >= 11 is 12.0. The summed E-state index contributed by atoms with van der Waals surface area (Å²) in [6.07, 6.45) is 0.638. The molecule has 1 aromatic carbocycles. The predicted octanol–water partition coefficient (Wildman–Crippen LogP) is 3.99. The monoisotopic (exact) mass is 271 g/mol. The second-order valence-corrected chi connectivity index (χ2v) is 5.40. The molecule has 0 N–H and O–H groups in total. The van der Waals surface area contributed by atoms with E-state index in [2.05, 4.69) is 18.8 Å². The van der Waals surface area contributed by atoms with Gasteiger partial charge in [0.05, 0.1) is 6.04 Å². The Labute approximate surface area is 112 Å². The van der Waals surface area contributed by atoms with Crippen molar-refractivity contribution in [3.8, 4) is 0 Å². The largest absolute Gasteiger partial charge is 0.478 e. The van der Waals surface area contributed by atoms with Crippen LogP contribution in [0.4, 0.5) is 0 Å². The molecule has 1 heterocycles. The van der Waals surface area contributed by atoms with Crippen molar-refractivity contribution in [3.05, 3.63) is 33.8 Å². The highest BCUT2D eigenvalue weighted by molar-refractivity contribution is 6.35. The van der Waals surface area contributed by atoms with Gasteiger partial charge in [0.15, 0.2) is 5.90 Å². The lowest BCUT2D eigenvalue weighted by atomic mass is 10.1. The molecule has 92 valence electrons. The summed E-state index contributed by atoms with van der Waals surface area (Å²) in [6, 6.07) is 5.77. The predicted molar refractivity (Wildman–Crippen MR) is 72.2 cm³/mol. The Hall–Kier alpha value is -0.730. The van der Waals surface area contributed by atoms with E-state index in [1.807, 2.05) is 12.1 Å². The average molecular weight is 272 g/mol. The highest BCUT2D eigenvalue weighted by atomic mass is 35.5. The molecule has 1 unspecified atom stereocenters. The van der Waals surface area contributed by atoms with Crippen LogP contribution in [0.3, 0.4) is 0 Å². The second kappa shape index (κ2) is 5.28. The van der Waals surface area contributed by atoms with Crippen LogP contribution in [-0.2, 0) is 11.2 Å². The zero-order valence-corrected chi connectivity index (χ0v) is 11.4. The third-order valence-electron chi connectivity index (χ3n) is 2.86. The molecule has 0 saturated carbocycles. The van der Waals surface area contributed by atoms with Gasteiger partial charge in [-0.2, -0.15) is 0 Å². The van der Waals surface area contributed by atoms with Crippen molar-refractivity contribution < 1.29 is 4.74 Å². The zero-order valence-electron chi connectivity index (χ0n) is 9.91. The lowest BCUT2D eigenvalue weighted by molar-refractivity contribution is 0.287. The van der Waals surface area contributed by atoms with Crippen LogP contribution in [0.15, 0.2) is 23.2 Å². The van der Waals surface area contributed by atoms with Crippen LogP contribution < -0.4 is 0 Å². The van der Waals surface area contributed by atoms with Gasteiger partial charge in [-0.15, -0.1) is 0 Å². The van der Waals surface area contributed by atoms with E-state index < -0.39 is 0 Å². The fourth-order valence-electron chi connectivity index (χ4n) is 1.71. The third-order valence-corrected chi connectivity index (χ3v) is 3.44. The van der Waals surface area contributed by atoms with Gasteiger partial charge in [0, 0.05) is 16.5 Å². The Balaban J connectivity index is 2.09. The van der Waals surface area contributed by atoms with Crippen LogP contribution in [0.5, 0.6) is 0 Å². The Morgan fingerprint density at radius 1 is 1.41 bits per heavy atom. The van der Waals surface area contributed by atoms with E-state index in [1.54, 1.807) is 6.07 Å². The fraction of sp³-hybridized carbons (Fsp3) is 0.462. The minimum Gasteiger partial charge on any atom is -0.478 e. The van der Waals surface area contributed by atoms with Gasteiger partial charge in [0.2, 0.25) is 0 Å². The number of nitrogens with zero attached hydrogens (tertiary/aromatic N) is 1. The SMILES string of the molecule is CC(C)C1COC(Cc2ccc(Cl)cc2Cl)=N1. The molecule has 2 nitrogen and oxygen atoms in total. The van der Waals surface area contributed by atoms with Gasteiger partial charge in [-0.1, -0.05) is 43.1 Å². The van der Waals surface area contributed by atoms with E-state index in [0.717, 1.165) is 11.5 Å². The van der Waals surface area contributed by atoms with Crippen molar-refractivity contribution in [1.82, 2.24) is 0 Å². The summed E-state index contributed by atoms with van der Waals surface area (Å²) < 4.78 is 5.57. The molecular weight excluding hydrogens is 257 g/mol. The van der Waals surface area contributed by atoms with Gasteiger partial charge in [-0.25, -0.2) is 4.99 Å². The van der Waals surface area contributed by atoms with Crippen molar-refractivity contribution in [1.29, 1.82) is 0 Å². The lowest BCUT2D eigenvalue weighted by Gasteiger charge is -2.06. The molecule has 4 heteroatoms. The molecule has 0 aromatic heterocycles. The van der Waals surface area contributed by atoms with E-state index in [0.29, 0.717) is 29.0 Å². The smallest absolute Gasteiger partial charge is 0.188 e. The minimum absolute atomic E-state index is 0.274. The van der Waals surface area contributed by atoms with E-state index in [9.17, 15) is 0 Å². The lowest BCUT2D eigenvalue weighted by Crippen LogP contribution is -2.13. The number of aliphatic imine (C=N–C) groups is 1. The second-order valence-electron chi connectivity index (χ2n) is 4.56. The van der Waals surface area contributed by atoms with Crippen LogP contribution in [0.25, 0.3) is 0 Å². The van der Waals surface area contributed by atoms with Crippen LogP contribution in [-0.4, -0.2) is 18.5 Å². The van der Waals surface area contributed by atoms with Crippen molar-refractivity contribution in [2.45, 2.75) is 26.3 Å². The number of rotatable bonds is 3. The Bertz CT molecular complexity index is 443. The maximum absolute atomic E-state index is 6.11. The van der Waals surface area contributed by atoms with Crippen LogP contribution >= 0.6 is 23.2 Å². The van der Waals surface area contributed by atoms with Gasteiger partial charge in [-0.05, 0) is 23.6 Å². The van der Waals surface area contributed by atoms with Gasteiger partial charge in [0.1, 0.15) is 6.61 Å². The summed E-state index contributed by atoms with van der Waals surface area (Å²) in [5, 5.41) is 1.31. The quantitative estimate of drug-likeness (QED) is 0.815. The highest BCUT2D eigenvalue weighted by Crippen LogP contribution is 2.23. The first-order valence-electron chi connectivity index (χ1n) is 5.69. The molecular formula is C13H15Cl2NO. The number of benzene rings is 1. The van der Waals surface area contributed by atoms with Gasteiger partial charge in [-0.3, -0.25) is 0 Å². The Kier molecular flexibility index (Phi) is 3.95. The maximum Gasteiger partial charge on any atom is 0.188 e. The highest BCUT2D eigenvalue weighted by Gasteiger charge is 2.22. The zero-order chi connectivity index (χ0) is 12.4. The average Bonchev–Trinajstić information content (AvgIpc) is 2.71.